The number of ketones is 2. The summed E-state index contributed by atoms with van der Waals surface area (Å²) in [6.45, 7) is 9.29. The van der Waals surface area contributed by atoms with Crippen molar-refractivity contribution in [2.24, 2.45) is 10.8 Å². The van der Waals surface area contributed by atoms with Crippen molar-refractivity contribution >= 4 is 50.9 Å². The number of carboxylic acids is 1. The Hall–Kier alpha value is -3.34. The van der Waals surface area contributed by atoms with Gasteiger partial charge in [-0.1, -0.05) is 50.9 Å². The van der Waals surface area contributed by atoms with Crippen molar-refractivity contribution < 1.29 is 36.8 Å². The van der Waals surface area contributed by atoms with E-state index in [9.17, 15) is 27.9 Å². The summed E-state index contributed by atoms with van der Waals surface area (Å²) in [5.74, 6) is -2.54. The molecular weight excluding hydrogens is 641 g/mol. The third-order valence-corrected chi connectivity index (χ3v) is 10.0. The highest BCUT2D eigenvalue weighted by Gasteiger charge is 2.49. The second-order valence-electron chi connectivity index (χ2n) is 13.3. The van der Waals surface area contributed by atoms with Crippen LogP contribution in [-0.2, 0) is 24.5 Å². The van der Waals surface area contributed by atoms with Gasteiger partial charge in [0.05, 0.1) is 11.6 Å². The van der Waals surface area contributed by atoms with Gasteiger partial charge in [-0.3, -0.25) is 14.4 Å². The van der Waals surface area contributed by atoms with E-state index in [4.69, 9.17) is 32.1 Å². The summed E-state index contributed by atoms with van der Waals surface area (Å²) in [5, 5.41) is 10.2. The molecule has 2 aliphatic carbocycles. The number of halogens is 2. The van der Waals surface area contributed by atoms with Gasteiger partial charge in [0.2, 0.25) is 5.75 Å². The van der Waals surface area contributed by atoms with E-state index in [0.29, 0.717) is 46.0 Å². The number of carbonyl (C=O) groups excluding carboxylic acids is 2. The molecule has 0 amide bonds. The average molecular weight is 677 g/mol. The number of ether oxygens (including phenoxy) is 1. The maximum absolute atomic E-state index is 14.0. The summed E-state index contributed by atoms with van der Waals surface area (Å²) >= 11 is 12.7. The standard InChI is InChI=1S/C33H35Cl2NO8S/c1-6-43-26-12-18(11-21(35)31(26)44-45(41,42)20-9-7-19(34)8-10-20)28-29-22(13-32(2,3)15-24(29)37)36(17-27(39)40)23-14-33(4,5)16-25(38)30(23)28/h7-12,28H,6,13-17H2,1-5H3,(H,39,40). The average Bonchev–Trinajstić information content (AvgIpc) is 2.90. The van der Waals surface area contributed by atoms with Gasteiger partial charge < -0.3 is 18.9 Å². The summed E-state index contributed by atoms with van der Waals surface area (Å²) < 4.78 is 37.7. The smallest absolute Gasteiger partial charge is 0.339 e. The highest BCUT2D eigenvalue weighted by Crippen LogP contribution is 2.55. The molecule has 240 valence electrons. The molecule has 0 unspecified atom stereocenters. The fourth-order valence-electron chi connectivity index (χ4n) is 6.56. The maximum Gasteiger partial charge on any atom is 0.339 e. The minimum Gasteiger partial charge on any atom is -0.490 e. The van der Waals surface area contributed by atoms with Gasteiger partial charge >= 0.3 is 16.1 Å². The molecule has 2 aromatic rings. The summed E-state index contributed by atoms with van der Waals surface area (Å²) in [5.41, 5.74) is 1.42. The number of hydrogen-bond acceptors (Lipinski definition) is 8. The molecule has 0 spiro atoms. The van der Waals surface area contributed by atoms with Crippen LogP contribution in [0, 0.1) is 10.8 Å². The molecule has 9 nitrogen and oxygen atoms in total. The minimum atomic E-state index is -4.34. The van der Waals surface area contributed by atoms with E-state index in [0.717, 1.165) is 0 Å². The molecule has 1 N–H and O–H groups in total. The van der Waals surface area contributed by atoms with E-state index < -0.39 is 39.4 Å². The van der Waals surface area contributed by atoms with Crippen LogP contribution in [0.15, 0.2) is 63.8 Å². The largest absolute Gasteiger partial charge is 0.490 e. The molecule has 0 saturated heterocycles. The van der Waals surface area contributed by atoms with Crippen LogP contribution in [0.3, 0.4) is 0 Å². The Morgan fingerprint density at radius 3 is 1.96 bits per heavy atom. The molecule has 0 fully saturated rings. The molecule has 0 aromatic heterocycles. The van der Waals surface area contributed by atoms with E-state index in [-0.39, 0.29) is 52.4 Å². The molecule has 45 heavy (non-hydrogen) atoms. The van der Waals surface area contributed by atoms with Gasteiger partial charge in [0, 0.05) is 46.3 Å². The SMILES string of the molecule is CCOc1cc(C2C3=C(CC(C)(C)CC3=O)N(CC(=O)O)C3=C2C(=O)CC(C)(C)C3)cc(Cl)c1OS(=O)(=O)c1ccc(Cl)cc1. The first-order valence-electron chi connectivity index (χ1n) is 14.6. The third kappa shape index (κ3) is 6.50. The first kappa shape index (κ1) is 33.0. The number of benzene rings is 2. The van der Waals surface area contributed by atoms with Gasteiger partial charge in [-0.25, -0.2) is 0 Å². The first-order valence-corrected chi connectivity index (χ1v) is 16.8. The minimum absolute atomic E-state index is 0.0157. The van der Waals surface area contributed by atoms with Crippen LogP contribution in [0.2, 0.25) is 10.0 Å². The molecule has 0 bridgehead atoms. The molecular formula is C33H35Cl2NO8S. The van der Waals surface area contributed by atoms with E-state index >= 15 is 0 Å². The fourth-order valence-corrected chi connectivity index (χ4v) is 7.95. The van der Waals surface area contributed by atoms with Crippen molar-refractivity contribution in [3.05, 3.63) is 74.5 Å². The number of hydrogen-bond donors (Lipinski definition) is 1. The molecule has 0 atom stereocenters. The number of allylic oxidation sites excluding steroid dienone is 4. The second-order valence-corrected chi connectivity index (χ2v) is 15.7. The lowest BCUT2D eigenvalue weighted by Gasteiger charge is -2.48. The number of Topliss-reactive ketones (excluding diaryl/α,β-unsaturated/α-hetero) is 2. The van der Waals surface area contributed by atoms with Gasteiger partial charge in [0.15, 0.2) is 17.3 Å². The monoisotopic (exact) mass is 675 g/mol. The number of aliphatic carboxylic acids is 1. The Morgan fingerprint density at radius 1 is 0.933 bits per heavy atom. The van der Waals surface area contributed by atoms with E-state index in [1.165, 1.54) is 30.3 Å². The molecule has 2 aromatic carbocycles. The lowest BCUT2D eigenvalue weighted by atomic mass is 9.63. The summed E-state index contributed by atoms with van der Waals surface area (Å²) in [7, 11) is -4.34. The fraction of sp³-hybridized carbons (Fsp3) is 0.424. The quantitative estimate of drug-likeness (QED) is 0.296. The van der Waals surface area contributed by atoms with Crippen molar-refractivity contribution in [1.82, 2.24) is 4.90 Å². The van der Waals surface area contributed by atoms with Crippen molar-refractivity contribution in [1.29, 1.82) is 0 Å². The summed E-state index contributed by atoms with van der Waals surface area (Å²) in [4.78, 5) is 41.5. The predicted molar refractivity (Wildman–Crippen MR) is 169 cm³/mol. The highest BCUT2D eigenvalue weighted by atomic mass is 35.5. The molecule has 5 rings (SSSR count). The lowest BCUT2D eigenvalue weighted by molar-refractivity contribution is -0.138. The summed E-state index contributed by atoms with van der Waals surface area (Å²) in [6, 6.07) is 8.49. The van der Waals surface area contributed by atoms with Gasteiger partial charge in [0.1, 0.15) is 11.4 Å². The van der Waals surface area contributed by atoms with Crippen molar-refractivity contribution in [2.75, 3.05) is 13.2 Å². The van der Waals surface area contributed by atoms with Gasteiger partial charge in [-0.05, 0) is 72.6 Å². The van der Waals surface area contributed by atoms with Crippen LogP contribution in [-0.4, -0.2) is 49.1 Å². The topological polar surface area (TPSA) is 127 Å². The molecule has 1 heterocycles. The van der Waals surface area contributed by atoms with Gasteiger partial charge in [-0.2, -0.15) is 8.42 Å². The number of carboxylic acid groups (broad SMARTS) is 1. The number of rotatable bonds is 8. The van der Waals surface area contributed by atoms with Crippen LogP contribution >= 0.6 is 23.2 Å². The third-order valence-electron chi connectivity index (χ3n) is 8.28. The van der Waals surface area contributed by atoms with E-state index in [2.05, 4.69) is 0 Å². The van der Waals surface area contributed by atoms with Crippen molar-refractivity contribution in [3.8, 4) is 11.5 Å². The van der Waals surface area contributed by atoms with Gasteiger partial charge in [-0.15, -0.1) is 0 Å². The van der Waals surface area contributed by atoms with Crippen molar-refractivity contribution in [3.63, 3.8) is 0 Å². The summed E-state index contributed by atoms with van der Waals surface area (Å²) in [6.07, 6.45) is 1.27. The first-order chi connectivity index (χ1) is 20.9. The van der Waals surface area contributed by atoms with E-state index in [1.54, 1.807) is 17.9 Å². The molecule has 3 aliphatic rings. The molecule has 0 radical (unpaired) electrons. The van der Waals surface area contributed by atoms with Crippen molar-refractivity contribution in [2.45, 2.75) is 71.1 Å². The zero-order chi connectivity index (χ0) is 33.1. The van der Waals surface area contributed by atoms with Gasteiger partial charge in [0.25, 0.3) is 0 Å². The second kappa shape index (κ2) is 11.8. The van der Waals surface area contributed by atoms with Crippen LogP contribution in [0.1, 0.15) is 71.8 Å². The Bertz CT molecular complexity index is 1720. The van der Waals surface area contributed by atoms with Crippen LogP contribution in [0.4, 0.5) is 0 Å². The predicted octanol–water partition coefficient (Wildman–Crippen LogP) is 6.93. The van der Waals surface area contributed by atoms with Crippen LogP contribution in [0.5, 0.6) is 11.5 Å². The molecule has 0 saturated carbocycles. The highest BCUT2D eigenvalue weighted by molar-refractivity contribution is 7.87. The normalized spacial score (nSPS) is 19.8. The lowest BCUT2D eigenvalue weighted by Crippen LogP contribution is -2.45. The van der Waals surface area contributed by atoms with Crippen LogP contribution < -0.4 is 8.92 Å². The Kier molecular flexibility index (Phi) is 8.65. The number of carbonyl (C=O) groups is 3. The van der Waals surface area contributed by atoms with Crippen LogP contribution in [0.25, 0.3) is 0 Å². The zero-order valence-corrected chi connectivity index (χ0v) is 28.0. The Labute approximate surface area is 272 Å². The zero-order valence-electron chi connectivity index (χ0n) is 25.7. The Balaban J connectivity index is 1.72. The maximum atomic E-state index is 14.0. The Morgan fingerprint density at radius 2 is 1.47 bits per heavy atom. The number of nitrogens with zero attached hydrogens (tertiary/aromatic N) is 1. The van der Waals surface area contributed by atoms with E-state index in [1.807, 2.05) is 27.7 Å². The molecule has 1 aliphatic heterocycles. The molecule has 12 heteroatoms.